The number of hydrogen-bond donors (Lipinski definition) is 1. The third kappa shape index (κ3) is 1.63. The summed E-state index contributed by atoms with van der Waals surface area (Å²) < 4.78 is 0. The van der Waals surface area contributed by atoms with E-state index in [0.29, 0.717) is 11.7 Å². The number of fused-ring (bicyclic) bond motifs is 1. The molecule has 0 radical (unpaired) electrons. The molecule has 1 unspecified atom stereocenters. The van der Waals surface area contributed by atoms with Crippen LogP contribution < -0.4 is 0 Å². The second kappa shape index (κ2) is 4.12. The Labute approximate surface area is 98.5 Å². The average molecular weight is 218 g/mol. The van der Waals surface area contributed by atoms with Gasteiger partial charge in [0.1, 0.15) is 5.75 Å². The molecular formula is C15H22O. The van der Waals surface area contributed by atoms with Gasteiger partial charge in [-0.25, -0.2) is 0 Å². The van der Waals surface area contributed by atoms with Crippen molar-refractivity contribution in [1.82, 2.24) is 0 Å². The molecule has 0 aromatic heterocycles. The van der Waals surface area contributed by atoms with Crippen LogP contribution in [0.1, 0.15) is 51.2 Å². The molecule has 0 heterocycles. The summed E-state index contributed by atoms with van der Waals surface area (Å²) in [4.78, 5) is 0. The Morgan fingerprint density at radius 3 is 2.75 bits per heavy atom. The first-order valence-electron chi connectivity index (χ1n) is 6.42. The number of hydrogen-bond acceptors (Lipinski definition) is 1. The van der Waals surface area contributed by atoms with E-state index in [0.717, 1.165) is 0 Å². The Hall–Kier alpha value is -0.980. The van der Waals surface area contributed by atoms with Crippen LogP contribution in [-0.2, 0) is 11.8 Å². The number of rotatable bonds is 2. The van der Waals surface area contributed by atoms with Gasteiger partial charge in [0, 0.05) is 0 Å². The summed E-state index contributed by atoms with van der Waals surface area (Å²) in [7, 11) is 0. The van der Waals surface area contributed by atoms with Crippen molar-refractivity contribution in [3.8, 4) is 5.75 Å². The van der Waals surface area contributed by atoms with E-state index in [-0.39, 0.29) is 5.41 Å². The standard InChI is InChI=1S/C15H22O/c1-4-15(11(2)3)9-5-6-12-7-8-13(16)10-14(12)15/h7-8,10-11,16H,4-6,9H2,1-3H3. The summed E-state index contributed by atoms with van der Waals surface area (Å²) in [5.41, 5.74) is 3.13. The summed E-state index contributed by atoms with van der Waals surface area (Å²) in [6.45, 7) is 6.89. The molecular weight excluding hydrogens is 196 g/mol. The smallest absolute Gasteiger partial charge is 0.115 e. The first-order chi connectivity index (χ1) is 7.60. The molecule has 0 bridgehead atoms. The molecule has 16 heavy (non-hydrogen) atoms. The lowest BCUT2D eigenvalue weighted by atomic mass is 9.62. The number of aryl methyl sites for hydroxylation is 1. The van der Waals surface area contributed by atoms with E-state index in [9.17, 15) is 5.11 Å². The molecule has 1 aromatic rings. The van der Waals surface area contributed by atoms with Crippen LogP contribution in [0.4, 0.5) is 0 Å². The highest BCUT2D eigenvalue weighted by Crippen LogP contribution is 2.46. The largest absolute Gasteiger partial charge is 0.508 e. The van der Waals surface area contributed by atoms with Gasteiger partial charge in [-0.2, -0.15) is 0 Å². The third-order valence-electron chi connectivity index (χ3n) is 4.43. The number of benzene rings is 1. The van der Waals surface area contributed by atoms with E-state index in [2.05, 4.69) is 26.8 Å². The summed E-state index contributed by atoms with van der Waals surface area (Å²) >= 11 is 0. The summed E-state index contributed by atoms with van der Waals surface area (Å²) in [6, 6.07) is 5.93. The minimum atomic E-state index is 0.284. The van der Waals surface area contributed by atoms with Crippen LogP contribution in [0.25, 0.3) is 0 Å². The highest BCUT2D eigenvalue weighted by Gasteiger charge is 2.37. The van der Waals surface area contributed by atoms with Crippen LogP contribution in [0.15, 0.2) is 18.2 Å². The molecule has 0 amide bonds. The van der Waals surface area contributed by atoms with Crippen molar-refractivity contribution in [2.45, 2.75) is 51.9 Å². The Morgan fingerprint density at radius 1 is 1.38 bits per heavy atom. The van der Waals surface area contributed by atoms with Gasteiger partial charge in [-0.3, -0.25) is 0 Å². The first-order valence-corrected chi connectivity index (χ1v) is 6.42. The molecule has 1 aliphatic carbocycles. The van der Waals surface area contributed by atoms with Crippen LogP contribution in [0.2, 0.25) is 0 Å². The molecule has 1 atom stereocenters. The molecule has 1 nitrogen and oxygen atoms in total. The van der Waals surface area contributed by atoms with Crippen molar-refractivity contribution in [1.29, 1.82) is 0 Å². The monoisotopic (exact) mass is 218 g/mol. The number of phenols is 1. The highest BCUT2D eigenvalue weighted by atomic mass is 16.3. The van der Waals surface area contributed by atoms with Crippen molar-refractivity contribution in [2.24, 2.45) is 5.92 Å². The molecule has 0 spiro atoms. The van der Waals surface area contributed by atoms with Crippen LogP contribution >= 0.6 is 0 Å². The van der Waals surface area contributed by atoms with E-state index >= 15 is 0 Å². The van der Waals surface area contributed by atoms with Crippen molar-refractivity contribution in [3.63, 3.8) is 0 Å². The molecule has 1 N–H and O–H groups in total. The topological polar surface area (TPSA) is 20.2 Å². The maximum absolute atomic E-state index is 9.70. The van der Waals surface area contributed by atoms with E-state index in [1.165, 1.54) is 36.8 Å². The van der Waals surface area contributed by atoms with Gasteiger partial charge in [-0.05, 0) is 60.3 Å². The Morgan fingerprint density at radius 2 is 2.12 bits per heavy atom. The van der Waals surface area contributed by atoms with Gasteiger partial charge in [0.2, 0.25) is 0 Å². The van der Waals surface area contributed by atoms with Gasteiger partial charge in [-0.15, -0.1) is 0 Å². The van der Waals surface area contributed by atoms with Gasteiger partial charge < -0.3 is 5.11 Å². The van der Waals surface area contributed by atoms with Gasteiger partial charge in [0.05, 0.1) is 0 Å². The number of aromatic hydroxyl groups is 1. The van der Waals surface area contributed by atoms with Crippen LogP contribution in [0.3, 0.4) is 0 Å². The average Bonchev–Trinajstić information content (AvgIpc) is 2.27. The maximum atomic E-state index is 9.70. The predicted molar refractivity (Wildman–Crippen MR) is 67.9 cm³/mol. The molecule has 1 heteroatoms. The van der Waals surface area contributed by atoms with Crippen molar-refractivity contribution < 1.29 is 5.11 Å². The maximum Gasteiger partial charge on any atom is 0.115 e. The fourth-order valence-electron chi connectivity index (χ4n) is 3.35. The molecule has 0 saturated heterocycles. The summed E-state index contributed by atoms with van der Waals surface area (Å²) in [6.07, 6.45) is 4.88. The third-order valence-corrected chi connectivity index (χ3v) is 4.43. The van der Waals surface area contributed by atoms with Crippen LogP contribution in [0.5, 0.6) is 5.75 Å². The van der Waals surface area contributed by atoms with Gasteiger partial charge in [0.25, 0.3) is 0 Å². The lowest BCUT2D eigenvalue weighted by Crippen LogP contribution is -2.35. The zero-order chi connectivity index (χ0) is 11.8. The second-order valence-electron chi connectivity index (χ2n) is 5.36. The summed E-state index contributed by atoms with van der Waals surface area (Å²) in [5.74, 6) is 1.05. The SMILES string of the molecule is CCC1(C(C)C)CCCc2ccc(O)cc21. The summed E-state index contributed by atoms with van der Waals surface area (Å²) in [5, 5.41) is 9.70. The van der Waals surface area contributed by atoms with E-state index in [4.69, 9.17) is 0 Å². The fraction of sp³-hybridized carbons (Fsp3) is 0.600. The zero-order valence-electron chi connectivity index (χ0n) is 10.6. The van der Waals surface area contributed by atoms with Crippen LogP contribution in [0, 0.1) is 5.92 Å². The lowest BCUT2D eigenvalue weighted by Gasteiger charge is -2.42. The normalized spacial score (nSPS) is 24.5. The van der Waals surface area contributed by atoms with Crippen molar-refractivity contribution >= 4 is 0 Å². The highest BCUT2D eigenvalue weighted by molar-refractivity contribution is 5.42. The molecule has 1 aliphatic rings. The van der Waals surface area contributed by atoms with Crippen molar-refractivity contribution in [2.75, 3.05) is 0 Å². The van der Waals surface area contributed by atoms with Gasteiger partial charge in [0.15, 0.2) is 0 Å². The Kier molecular flexibility index (Phi) is 2.96. The van der Waals surface area contributed by atoms with E-state index in [1.54, 1.807) is 0 Å². The van der Waals surface area contributed by atoms with Crippen molar-refractivity contribution in [3.05, 3.63) is 29.3 Å². The van der Waals surface area contributed by atoms with E-state index in [1.807, 2.05) is 12.1 Å². The second-order valence-corrected chi connectivity index (χ2v) is 5.36. The molecule has 88 valence electrons. The van der Waals surface area contributed by atoms with Crippen LogP contribution in [-0.4, -0.2) is 5.11 Å². The molecule has 1 aromatic carbocycles. The Bertz CT molecular complexity index is 381. The lowest BCUT2D eigenvalue weighted by molar-refractivity contribution is 0.252. The van der Waals surface area contributed by atoms with E-state index < -0.39 is 0 Å². The molecule has 2 rings (SSSR count). The minimum absolute atomic E-state index is 0.284. The first kappa shape index (κ1) is 11.5. The van der Waals surface area contributed by atoms with Gasteiger partial charge >= 0.3 is 0 Å². The quantitative estimate of drug-likeness (QED) is 0.794. The number of phenolic OH excluding ortho intramolecular Hbond substituents is 1. The predicted octanol–water partition coefficient (Wildman–Crippen LogP) is 4.03. The minimum Gasteiger partial charge on any atom is -0.508 e. The molecule has 0 aliphatic heterocycles. The fourth-order valence-corrected chi connectivity index (χ4v) is 3.35. The Balaban J connectivity index is 2.56. The zero-order valence-corrected chi connectivity index (χ0v) is 10.6. The van der Waals surface area contributed by atoms with Gasteiger partial charge in [-0.1, -0.05) is 26.8 Å². The molecule has 0 fully saturated rings. The molecule has 0 saturated carbocycles.